The van der Waals surface area contributed by atoms with Gasteiger partial charge in [-0.25, -0.2) is 0 Å². The Kier molecular flexibility index (Phi) is 1.81. The maximum Gasteiger partial charge on any atom is 0.258 e. The van der Waals surface area contributed by atoms with Crippen molar-refractivity contribution in [3.63, 3.8) is 0 Å². The Morgan fingerprint density at radius 2 is 2.00 bits per heavy atom. The van der Waals surface area contributed by atoms with Crippen molar-refractivity contribution in [1.82, 2.24) is 4.57 Å². The average molecular weight is 189 g/mol. The van der Waals surface area contributed by atoms with Gasteiger partial charge in [-0.05, 0) is 36.6 Å². The summed E-state index contributed by atoms with van der Waals surface area (Å²) in [5.41, 5.74) is 0.855. The Hall–Kier alpha value is -1.77. The summed E-state index contributed by atoms with van der Waals surface area (Å²) in [6.07, 6.45) is 0. The van der Waals surface area contributed by atoms with E-state index in [1.165, 1.54) is 6.07 Å². The second-order valence-electron chi connectivity index (χ2n) is 3.42. The normalized spacial score (nSPS) is 10.7. The molecule has 1 aromatic heterocycles. The molecular weight excluding hydrogens is 178 g/mol. The molecule has 0 radical (unpaired) electrons. The van der Waals surface area contributed by atoms with Gasteiger partial charge in [-0.1, -0.05) is 0 Å². The predicted molar refractivity (Wildman–Crippen MR) is 55.6 cm³/mol. The molecule has 0 bridgehead atoms. The largest absolute Gasteiger partial charge is 0.508 e. The summed E-state index contributed by atoms with van der Waals surface area (Å²) < 4.78 is 1.60. The zero-order chi connectivity index (χ0) is 10.3. The number of aromatic hydroxyl groups is 1. The molecule has 0 unspecified atom stereocenters. The minimum Gasteiger partial charge on any atom is -0.508 e. The van der Waals surface area contributed by atoms with Crippen LogP contribution in [0.3, 0.4) is 0 Å². The highest BCUT2D eigenvalue weighted by molar-refractivity contribution is 5.83. The van der Waals surface area contributed by atoms with Crippen LogP contribution in [0.5, 0.6) is 5.75 Å². The van der Waals surface area contributed by atoms with Crippen LogP contribution in [0, 0.1) is 6.92 Å². The van der Waals surface area contributed by atoms with E-state index in [9.17, 15) is 9.90 Å². The number of hydrogen-bond acceptors (Lipinski definition) is 2. The van der Waals surface area contributed by atoms with E-state index in [1.54, 1.807) is 23.7 Å². The van der Waals surface area contributed by atoms with Gasteiger partial charge in [0.05, 0.1) is 0 Å². The molecule has 0 aliphatic rings. The van der Waals surface area contributed by atoms with Crippen molar-refractivity contribution in [3.05, 3.63) is 40.3 Å². The standard InChI is InChI=1S/C11H11NO2/c1-7-5-8-6-9(13)3-4-10(8)11(14)12(7)2/h3-6,13H,1-2H3. The smallest absolute Gasteiger partial charge is 0.258 e. The quantitative estimate of drug-likeness (QED) is 0.683. The number of pyridine rings is 1. The number of nitrogens with zero attached hydrogens (tertiary/aromatic N) is 1. The lowest BCUT2D eigenvalue weighted by Gasteiger charge is -2.05. The van der Waals surface area contributed by atoms with Crippen LogP contribution >= 0.6 is 0 Å². The highest BCUT2D eigenvalue weighted by atomic mass is 16.3. The molecule has 0 atom stereocenters. The van der Waals surface area contributed by atoms with E-state index >= 15 is 0 Å². The third-order valence-electron chi connectivity index (χ3n) is 2.46. The zero-order valence-corrected chi connectivity index (χ0v) is 8.11. The maximum atomic E-state index is 11.7. The highest BCUT2D eigenvalue weighted by Gasteiger charge is 2.03. The Bertz CT molecular complexity index is 555. The number of phenolic OH excluding ortho intramolecular Hbond substituents is 1. The van der Waals surface area contributed by atoms with Crippen molar-refractivity contribution in [2.45, 2.75) is 6.92 Å². The van der Waals surface area contributed by atoms with E-state index in [2.05, 4.69) is 0 Å². The summed E-state index contributed by atoms with van der Waals surface area (Å²) in [6.45, 7) is 1.87. The second kappa shape index (κ2) is 2.87. The van der Waals surface area contributed by atoms with Gasteiger partial charge >= 0.3 is 0 Å². The zero-order valence-electron chi connectivity index (χ0n) is 8.11. The minimum atomic E-state index is -0.0278. The maximum absolute atomic E-state index is 11.7. The molecule has 0 aliphatic carbocycles. The number of phenols is 1. The first-order chi connectivity index (χ1) is 6.59. The molecule has 0 spiro atoms. The fourth-order valence-corrected chi connectivity index (χ4v) is 1.53. The van der Waals surface area contributed by atoms with Crippen molar-refractivity contribution < 1.29 is 5.11 Å². The first kappa shape index (κ1) is 8.81. The van der Waals surface area contributed by atoms with Gasteiger partial charge in [0.25, 0.3) is 5.56 Å². The monoisotopic (exact) mass is 189 g/mol. The molecule has 0 saturated heterocycles. The Morgan fingerprint density at radius 3 is 2.71 bits per heavy atom. The molecule has 3 heteroatoms. The van der Waals surface area contributed by atoms with Crippen molar-refractivity contribution >= 4 is 10.8 Å². The summed E-state index contributed by atoms with van der Waals surface area (Å²) in [7, 11) is 1.74. The molecule has 0 saturated carbocycles. The number of aryl methyl sites for hydroxylation is 1. The van der Waals surface area contributed by atoms with E-state index in [0.29, 0.717) is 5.39 Å². The van der Waals surface area contributed by atoms with Crippen molar-refractivity contribution in [2.75, 3.05) is 0 Å². The fourth-order valence-electron chi connectivity index (χ4n) is 1.53. The van der Waals surface area contributed by atoms with Crippen LogP contribution in [0.25, 0.3) is 10.8 Å². The number of aromatic nitrogens is 1. The molecule has 1 heterocycles. The van der Waals surface area contributed by atoms with Gasteiger partial charge in [-0.2, -0.15) is 0 Å². The number of rotatable bonds is 0. The summed E-state index contributed by atoms with van der Waals surface area (Å²) in [4.78, 5) is 11.7. The third kappa shape index (κ3) is 1.18. The Labute approximate surface area is 81.2 Å². The number of benzene rings is 1. The van der Waals surface area contributed by atoms with E-state index in [1.807, 2.05) is 13.0 Å². The van der Waals surface area contributed by atoms with E-state index in [4.69, 9.17) is 0 Å². The van der Waals surface area contributed by atoms with Gasteiger partial charge in [-0.15, -0.1) is 0 Å². The Balaban J connectivity index is 2.98. The van der Waals surface area contributed by atoms with Crippen molar-refractivity contribution in [2.24, 2.45) is 7.05 Å². The molecule has 14 heavy (non-hydrogen) atoms. The second-order valence-corrected chi connectivity index (χ2v) is 3.42. The molecule has 0 amide bonds. The van der Waals surface area contributed by atoms with Crippen LogP contribution in [0.1, 0.15) is 5.69 Å². The summed E-state index contributed by atoms with van der Waals surface area (Å²) in [5.74, 6) is 0.185. The minimum absolute atomic E-state index is 0.0278. The summed E-state index contributed by atoms with van der Waals surface area (Å²) in [6, 6.07) is 6.66. The molecule has 1 N–H and O–H groups in total. The lowest BCUT2D eigenvalue weighted by Crippen LogP contribution is -2.18. The molecule has 0 aliphatic heterocycles. The van der Waals surface area contributed by atoms with Gasteiger partial charge in [0.15, 0.2) is 0 Å². The molecule has 2 aromatic rings. The lowest BCUT2D eigenvalue weighted by atomic mass is 10.1. The first-order valence-corrected chi connectivity index (χ1v) is 4.39. The van der Waals surface area contributed by atoms with Gasteiger partial charge in [-0.3, -0.25) is 4.79 Å². The topological polar surface area (TPSA) is 42.2 Å². The van der Waals surface area contributed by atoms with Gasteiger partial charge in [0.1, 0.15) is 5.75 Å². The highest BCUT2D eigenvalue weighted by Crippen LogP contribution is 2.17. The number of fused-ring (bicyclic) bond motifs is 1. The number of hydrogen-bond donors (Lipinski definition) is 1. The van der Waals surface area contributed by atoms with Gasteiger partial charge in [0.2, 0.25) is 0 Å². The van der Waals surface area contributed by atoms with Crippen LogP contribution in [0.4, 0.5) is 0 Å². The van der Waals surface area contributed by atoms with Crippen LogP contribution in [0.2, 0.25) is 0 Å². The third-order valence-corrected chi connectivity index (χ3v) is 2.46. The summed E-state index contributed by atoms with van der Waals surface area (Å²) >= 11 is 0. The van der Waals surface area contributed by atoms with Crippen molar-refractivity contribution in [3.8, 4) is 5.75 Å². The van der Waals surface area contributed by atoms with Crippen LogP contribution in [0.15, 0.2) is 29.1 Å². The van der Waals surface area contributed by atoms with Crippen molar-refractivity contribution in [1.29, 1.82) is 0 Å². The fraction of sp³-hybridized carbons (Fsp3) is 0.182. The van der Waals surface area contributed by atoms with Gasteiger partial charge in [0, 0.05) is 18.1 Å². The predicted octanol–water partition coefficient (Wildman–Crippen LogP) is 1.55. The summed E-state index contributed by atoms with van der Waals surface area (Å²) in [5, 5.41) is 10.7. The van der Waals surface area contributed by atoms with Crippen LogP contribution < -0.4 is 5.56 Å². The average Bonchev–Trinajstić information content (AvgIpc) is 2.14. The molecular formula is C11H11NO2. The van der Waals surface area contributed by atoms with E-state index in [-0.39, 0.29) is 11.3 Å². The molecule has 0 fully saturated rings. The Morgan fingerprint density at radius 1 is 1.29 bits per heavy atom. The van der Waals surface area contributed by atoms with Gasteiger partial charge < -0.3 is 9.67 Å². The van der Waals surface area contributed by atoms with E-state index in [0.717, 1.165) is 11.1 Å². The first-order valence-electron chi connectivity index (χ1n) is 4.39. The molecule has 1 aromatic carbocycles. The van der Waals surface area contributed by atoms with E-state index < -0.39 is 0 Å². The SMILES string of the molecule is Cc1cc2cc(O)ccc2c(=O)n1C. The lowest BCUT2D eigenvalue weighted by molar-refractivity contribution is 0.476. The van der Waals surface area contributed by atoms with Crippen LogP contribution in [-0.4, -0.2) is 9.67 Å². The molecule has 3 nitrogen and oxygen atoms in total. The molecule has 72 valence electrons. The van der Waals surface area contributed by atoms with Crippen LogP contribution in [-0.2, 0) is 7.05 Å². The molecule has 2 rings (SSSR count).